The zero-order chi connectivity index (χ0) is 12.0. The number of hydrogen-bond acceptors (Lipinski definition) is 2. The van der Waals surface area contributed by atoms with Gasteiger partial charge in [-0.3, -0.25) is 0 Å². The first kappa shape index (κ1) is 12.6. The highest BCUT2D eigenvalue weighted by molar-refractivity contribution is 5.38. The number of hydrogen-bond donors (Lipinski definition) is 1. The highest BCUT2D eigenvalue weighted by atomic mass is 16.5. The fourth-order valence-corrected chi connectivity index (χ4v) is 1.48. The molecule has 1 N–H and O–H groups in total. The van der Waals surface area contributed by atoms with E-state index in [2.05, 4.69) is 5.92 Å². The van der Waals surface area contributed by atoms with Crippen molar-refractivity contribution in [3.8, 4) is 18.1 Å². The van der Waals surface area contributed by atoms with Gasteiger partial charge in [0.1, 0.15) is 5.75 Å². The first-order valence-corrected chi connectivity index (χ1v) is 5.50. The third-order valence-corrected chi connectivity index (χ3v) is 2.34. The molecule has 0 aliphatic carbocycles. The summed E-state index contributed by atoms with van der Waals surface area (Å²) in [6.07, 6.45) is 6.20. The normalized spacial score (nSPS) is 11.9. The Morgan fingerprint density at radius 2 is 2.25 bits per heavy atom. The van der Waals surface area contributed by atoms with Crippen molar-refractivity contribution in [3.05, 3.63) is 29.3 Å². The maximum Gasteiger partial charge on any atom is 0.125 e. The molecule has 0 aliphatic rings. The van der Waals surface area contributed by atoms with Gasteiger partial charge in [0.2, 0.25) is 0 Å². The lowest BCUT2D eigenvalue weighted by atomic mass is 10.1. The number of benzene rings is 1. The summed E-state index contributed by atoms with van der Waals surface area (Å²) in [5, 5.41) is 9.62. The Morgan fingerprint density at radius 3 is 2.88 bits per heavy atom. The van der Waals surface area contributed by atoms with E-state index in [9.17, 15) is 5.11 Å². The summed E-state index contributed by atoms with van der Waals surface area (Å²) in [5.41, 5.74) is 1.95. The van der Waals surface area contributed by atoms with Crippen molar-refractivity contribution in [2.24, 2.45) is 0 Å². The molecule has 0 radical (unpaired) electrons. The molecule has 1 atom stereocenters. The first-order valence-electron chi connectivity index (χ1n) is 5.50. The maximum atomic E-state index is 9.62. The fourth-order valence-electron chi connectivity index (χ4n) is 1.48. The van der Waals surface area contributed by atoms with E-state index in [1.165, 1.54) is 0 Å². The molecule has 0 fully saturated rings. The van der Waals surface area contributed by atoms with Crippen LogP contribution < -0.4 is 4.74 Å². The Kier molecular flexibility index (Phi) is 4.88. The van der Waals surface area contributed by atoms with Gasteiger partial charge in [-0.15, -0.1) is 12.3 Å². The number of aryl methyl sites for hydroxylation is 1. The van der Waals surface area contributed by atoms with Crippen LogP contribution in [0.3, 0.4) is 0 Å². The Bertz CT molecular complexity index is 375. The van der Waals surface area contributed by atoms with Crippen LogP contribution in [-0.2, 0) is 0 Å². The molecule has 1 aromatic rings. The first-order chi connectivity index (χ1) is 7.65. The zero-order valence-electron chi connectivity index (χ0n) is 9.86. The molecule has 0 bridgehead atoms. The minimum absolute atomic E-state index is 0.512. The molecule has 86 valence electrons. The molecule has 0 unspecified atom stereocenters. The fraction of sp³-hybridized carbons (Fsp3) is 0.429. The number of rotatable bonds is 5. The van der Waals surface area contributed by atoms with Crippen LogP contribution in [-0.4, -0.2) is 11.7 Å². The van der Waals surface area contributed by atoms with Crippen molar-refractivity contribution in [1.29, 1.82) is 0 Å². The minimum atomic E-state index is -0.512. The summed E-state index contributed by atoms with van der Waals surface area (Å²) >= 11 is 0. The minimum Gasteiger partial charge on any atom is -0.493 e. The average Bonchev–Trinajstić information content (AvgIpc) is 2.26. The van der Waals surface area contributed by atoms with Gasteiger partial charge in [-0.05, 0) is 32.4 Å². The van der Waals surface area contributed by atoms with Crippen LogP contribution in [0, 0.1) is 19.3 Å². The molecule has 1 aromatic carbocycles. The lowest BCUT2D eigenvalue weighted by Crippen LogP contribution is -2.02. The third-order valence-electron chi connectivity index (χ3n) is 2.34. The van der Waals surface area contributed by atoms with Crippen molar-refractivity contribution in [2.45, 2.75) is 32.8 Å². The van der Waals surface area contributed by atoms with Crippen molar-refractivity contribution in [3.63, 3.8) is 0 Å². The van der Waals surface area contributed by atoms with Crippen LogP contribution in [0.15, 0.2) is 18.2 Å². The van der Waals surface area contributed by atoms with E-state index < -0.39 is 6.10 Å². The SMILES string of the molecule is C#CCCCOc1ccc(C)cc1[C@H](C)O. The Hall–Kier alpha value is -1.46. The second-order valence-corrected chi connectivity index (χ2v) is 3.87. The van der Waals surface area contributed by atoms with E-state index in [0.29, 0.717) is 6.61 Å². The highest BCUT2D eigenvalue weighted by Gasteiger charge is 2.08. The Balaban J connectivity index is 2.68. The van der Waals surface area contributed by atoms with E-state index in [0.717, 1.165) is 29.7 Å². The van der Waals surface area contributed by atoms with Crippen LogP contribution in [0.5, 0.6) is 5.75 Å². The Labute approximate surface area is 97.3 Å². The van der Waals surface area contributed by atoms with Crippen LogP contribution >= 0.6 is 0 Å². The average molecular weight is 218 g/mol. The van der Waals surface area contributed by atoms with Crippen LogP contribution in [0.2, 0.25) is 0 Å². The molecule has 0 spiro atoms. The third kappa shape index (κ3) is 3.60. The molecule has 16 heavy (non-hydrogen) atoms. The molecule has 1 rings (SSSR count). The molecule has 0 saturated heterocycles. The molecular weight excluding hydrogens is 200 g/mol. The van der Waals surface area contributed by atoms with Crippen LogP contribution in [0.1, 0.15) is 37.0 Å². The van der Waals surface area contributed by atoms with Crippen LogP contribution in [0.4, 0.5) is 0 Å². The van der Waals surface area contributed by atoms with E-state index in [-0.39, 0.29) is 0 Å². The predicted octanol–water partition coefficient (Wildman–Crippen LogP) is 2.84. The number of terminal acetylenes is 1. The standard InChI is InChI=1S/C14H18O2/c1-4-5-6-9-16-14-8-7-11(2)10-13(14)12(3)15/h1,7-8,10,12,15H,5-6,9H2,2-3H3/t12-/m0/s1. The molecule has 0 heterocycles. The van der Waals surface area contributed by atoms with Gasteiger partial charge in [0.15, 0.2) is 0 Å². The molecule has 2 nitrogen and oxygen atoms in total. The topological polar surface area (TPSA) is 29.5 Å². The number of aliphatic hydroxyl groups is 1. The molecule has 0 saturated carbocycles. The number of ether oxygens (including phenoxy) is 1. The van der Waals surface area contributed by atoms with Gasteiger partial charge in [-0.1, -0.05) is 11.6 Å². The lowest BCUT2D eigenvalue weighted by molar-refractivity contribution is 0.191. The summed E-state index contributed by atoms with van der Waals surface area (Å²) in [6.45, 7) is 4.32. The smallest absolute Gasteiger partial charge is 0.125 e. The molecule has 0 amide bonds. The van der Waals surface area contributed by atoms with Gasteiger partial charge in [0.25, 0.3) is 0 Å². The summed E-state index contributed by atoms with van der Waals surface area (Å²) in [4.78, 5) is 0. The second kappa shape index (κ2) is 6.19. The van der Waals surface area contributed by atoms with E-state index in [1.807, 2.05) is 25.1 Å². The summed E-state index contributed by atoms with van der Waals surface area (Å²) in [6, 6.07) is 5.82. The van der Waals surface area contributed by atoms with Crippen molar-refractivity contribution in [2.75, 3.05) is 6.61 Å². The number of aliphatic hydroxyl groups excluding tert-OH is 1. The van der Waals surface area contributed by atoms with E-state index >= 15 is 0 Å². The van der Waals surface area contributed by atoms with Crippen molar-refractivity contribution in [1.82, 2.24) is 0 Å². The molecule has 0 aliphatic heterocycles. The lowest BCUT2D eigenvalue weighted by Gasteiger charge is -2.13. The zero-order valence-corrected chi connectivity index (χ0v) is 9.86. The predicted molar refractivity (Wildman–Crippen MR) is 65.4 cm³/mol. The van der Waals surface area contributed by atoms with E-state index in [1.54, 1.807) is 6.92 Å². The summed E-state index contributed by atoms with van der Waals surface area (Å²) in [7, 11) is 0. The summed E-state index contributed by atoms with van der Waals surface area (Å²) < 4.78 is 5.60. The largest absolute Gasteiger partial charge is 0.493 e. The van der Waals surface area contributed by atoms with E-state index in [4.69, 9.17) is 11.2 Å². The quantitative estimate of drug-likeness (QED) is 0.608. The highest BCUT2D eigenvalue weighted by Crippen LogP contribution is 2.26. The molecule has 0 aromatic heterocycles. The maximum absolute atomic E-state index is 9.62. The number of unbranched alkanes of at least 4 members (excludes halogenated alkanes) is 1. The Morgan fingerprint density at radius 1 is 1.50 bits per heavy atom. The molecule has 2 heteroatoms. The van der Waals surface area contributed by atoms with Gasteiger partial charge in [-0.2, -0.15) is 0 Å². The van der Waals surface area contributed by atoms with Gasteiger partial charge >= 0.3 is 0 Å². The van der Waals surface area contributed by atoms with Gasteiger partial charge in [0, 0.05) is 12.0 Å². The molecular formula is C14H18O2. The van der Waals surface area contributed by atoms with Crippen molar-refractivity contribution >= 4 is 0 Å². The summed E-state index contributed by atoms with van der Waals surface area (Å²) in [5.74, 6) is 3.32. The van der Waals surface area contributed by atoms with Gasteiger partial charge in [-0.25, -0.2) is 0 Å². The monoisotopic (exact) mass is 218 g/mol. The van der Waals surface area contributed by atoms with Gasteiger partial charge < -0.3 is 9.84 Å². The van der Waals surface area contributed by atoms with Crippen molar-refractivity contribution < 1.29 is 9.84 Å². The second-order valence-electron chi connectivity index (χ2n) is 3.87. The van der Waals surface area contributed by atoms with Gasteiger partial charge in [0.05, 0.1) is 12.7 Å². The van der Waals surface area contributed by atoms with Crippen LogP contribution in [0.25, 0.3) is 0 Å².